The smallest absolute Gasteiger partial charge is 0.319 e. The maximum Gasteiger partial charge on any atom is 0.319 e. The van der Waals surface area contributed by atoms with Crippen LogP contribution in [0.3, 0.4) is 0 Å². The number of rotatable bonds is 7. The van der Waals surface area contributed by atoms with E-state index in [1.165, 1.54) is 0 Å². The predicted molar refractivity (Wildman–Crippen MR) is 130 cm³/mol. The van der Waals surface area contributed by atoms with Crippen LogP contribution in [-0.4, -0.2) is 65.8 Å². The normalized spacial score (nSPS) is 14.0. The van der Waals surface area contributed by atoms with Gasteiger partial charge in [0.2, 0.25) is 5.91 Å². The van der Waals surface area contributed by atoms with Crippen molar-refractivity contribution in [2.24, 2.45) is 5.92 Å². The van der Waals surface area contributed by atoms with Crippen LogP contribution < -0.4 is 5.32 Å². The SMILES string of the molecule is CCN(CC)C(=O)N1CCC(C(=O)Nc2ccccc2C(=O)N(C)Cc2ccccc2)CC1. The number of hydrogen-bond acceptors (Lipinski definition) is 3. The van der Waals surface area contributed by atoms with Crippen LogP contribution in [0.4, 0.5) is 10.5 Å². The van der Waals surface area contributed by atoms with Crippen molar-refractivity contribution in [3.05, 3.63) is 65.7 Å². The number of amides is 4. The molecule has 2 aromatic rings. The van der Waals surface area contributed by atoms with E-state index in [1.807, 2.05) is 55.1 Å². The second-order valence-electron chi connectivity index (χ2n) is 8.40. The quantitative estimate of drug-likeness (QED) is 0.691. The highest BCUT2D eigenvalue weighted by atomic mass is 16.2. The standard InChI is InChI=1S/C26H34N4O3/c1-4-29(5-2)26(33)30-17-15-21(16-18-30)24(31)27-23-14-10-9-13-22(23)25(32)28(3)19-20-11-7-6-8-12-20/h6-14,21H,4-5,15-19H2,1-3H3,(H,27,31). The fraction of sp³-hybridized carbons (Fsp3) is 0.423. The van der Waals surface area contributed by atoms with Crippen molar-refractivity contribution >= 4 is 23.5 Å². The minimum absolute atomic E-state index is 0.0382. The van der Waals surface area contributed by atoms with Gasteiger partial charge >= 0.3 is 6.03 Å². The van der Waals surface area contributed by atoms with Crippen LogP contribution >= 0.6 is 0 Å². The average Bonchev–Trinajstić information content (AvgIpc) is 2.85. The Morgan fingerprint density at radius 1 is 0.939 bits per heavy atom. The molecule has 0 radical (unpaired) electrons. The predicted octanol–water partition coefficient (Wildman–Crippen LogP) is 4.07. The Kier molecular flexibility index (Phi) is 8.46. The average molecular weight is 451 g/mol. The van der Waals surface area contributed by atoms with Gasteiger partial charge in [0.05, 0.1) is 11.3 Å². The van der Waals surface area contributed by atoms with Crippen LogP contribution in [0.2, 0.25) is 0 Å². The third-order valence-electron chi connectivity index (χ3n) is 6.19. The number of piperidine rings is 1. The fourth-order valence-electron chi connectivity index (χ4n) is 4.18. The van der Waals surface area contributed by atoms with E-state index in [1.54, 1.807) is 35.0 Å². The molecule has 1 N–H and O–H groups in total. The fourth-order valence-corrected chi connectivity index (χ4v) is 4.18. The molecule has 0 unspecified atom stereocenters. The maximum atomic E-state index is 13.1. The molecule has 0 saturated carbocycles. The number of nitrogens with zero attached hydrogens (tertiary/aromatic N) is 3. The Morgan fingerprint density at radius 2 is 1.55 bits per heavy atom. The lowest BCUT2D eigenvalue weighted by atomic mass is 9.95. The summed E-state index contributed by atoms with van der Waals surface area (Å²) < 4.78 is 0. The maximum absolute atomic E-state index is 13.1. The molecule has 33 heavy (non-hydrogen) atoms. The summed E-state index contributed by atoms with van der Waals surface area (Å²) in [6.07, 6.45) is 1.23. The summed E-state index contributed by atoms with van der Waals surface area (Å²) in [6.45, 7) is 6.91. The van der Waals surface area contributed by atoms with Crippen LogP contribution in [0.15, 0.2) is 54.6 Å². The highest BCUT2D eigenvalue weighted by Gasteiger charge is 2.29. The topological polar surface area (TPSA) is 73.0 Å². The zero-order chi connectivity index (χ0) is 23.8. The molecule has 0 atom stereocenters. The van der Waals surface area contributed by atoms with Crippen LogP contribution in [-0.2, 0) is 11.3 Å². The summed E-state index contributed by atoms with van der Waals surface area (Å²) >= 11 is 0. The lowest BCUT2D eigenvalue weighted by Gasteiger charge is -2.34. The molecule has 176 valence electrons. The molecule has 0 bridgehead atoms. The van der Waals surface area contributed by atoms with E-state index in [2.05, 4.69) is 5.32 Å². The largest absolute Gasteiger partial charge is 0.337 e. The van der Waals surface area contributed by atoms with Gasteiger partial charge in [0, 0.05) is 45.7 Å². The minimum atomic E-state index is -0.184. The van der Waals surface area contributed by atoms with E-state index in [9.17, 15) is 14.4 Å². The molecule has 2 aromatic carbocycles. The van der Waals surface area contributed by atoms with Gasteiger partial charge in [-0.25, -0.2) is 4.79 Å². The van der Waals surface area contributed by atoms with Crippen molar-refractivity contribution in [1.29, 1.82) is 0 Å². The van der Waals surface area contributed by atoms with Crippen molar-refractivity contribution < 1.29 is 14.4 Å². The van der Waals surface area contributed by atoms with Gasteiger partial charge in [0.1, 0.15) is 0 Å². The molecule has 1 aliphatic heterocycles. The van der Waals surface area contributed by atoms with Crippen molar-refractivity contribution in [2.75, 3.05) is 38.5 Å². The van der Waals surface area contributed by atoms with Crippen LogP contribution in [0.25, 0.3) is 0 Å². The molecule has 7 heteroatoms. The number of carbonyl (C=O) groups excluding carboxylic acids is 3. The Balaban J connectivity index is 1.61. The molecule has 1 heterocycles. The van der Waals surface area contributed by atoms with Gasteiger partial charge in [0.15, 0.2) is 0 Å². The van der Waals surface area contributed by atoms with Gasteiger partial charge in [-0.3, -0.25) is 9.59 Å². The molecule has 1 fully saturated rings. The first kappa shape index (κ1) is 24.3. The van der Waals surface area contributed by atoms with Gasteiger partial charge in [0.25, 0.3) is 5.91 Å². The lowest BCUT2D eigenvalue weighted by Crippen LogP contribution is -2.47. The molecule has 1 saturated heterocycles. The molecule has 3 rings (SSSR count). The number of benzene rings is 2. The van der Waals surface area contributed by atoms with Gasteiger partial charge in [-0.2, -0.15) is 0 Å². The summed E-state index contributed by atoms with van der Waals surface area (Å²) in [5.74, 6) is -0.429. The number of para-hydroxylation sites is 1. The molecular weight excluding hydrogens is 416 g/mol. The Morgan fingerprint density at radius 3 is 2.18 bits per heavy atom. The zero-order valence-electron chi connectivity index (χ0n) is 19.8. The summed E-state index contributed by atoms with van der Waals surface area (Å²) in [4.78, 5) is 43.9. The Labute approximate surface area is 196 Å². The third kappa shape index (κ3) is 6.12. The van der Waals surface area contributed by atoms with E-state index >= 15 is 0 Å². The molecule has 4 amide bonds. The van der Waals surface area contributed by atoms with Crippen molar-refractivity contribution in [2.45, 2.75) is 33.2 Å². The summed E-state index contributed by atoms with van der Waals surface area (Å²) in [6, 6.07) is 17.0. The number of anilines is 1. The molecule has 1 aliphatic rings. The summed E-state index contributed by atoms with van der Waals surface area (Å²) in [5, 5.41) is 2.97. The zero-order valence-corrected chi connectivity index (χ0v) is 19.8. The monoisotopic (exact) mass is 450 g/mol. The van der Waals surface area contributed by atoms with E-state index in [4.69, 9.17) is 0 Å². The molecule has 0 aromatic heterocycles. The molecule has 0 spiro atoms. The molecular formula is C26H34N4O3. The first-order valence-corrected chi connectivity index (χ1v) is 11.7. The highest BCUT2D eigenvalue weighted by molar-refractivity contribution is 6.04. The Hall–Kier alpha value is -3.35. The number of urea groups is 1. The van der Waals surface area contributed by atoms with Crippen molar-refractivity contribution in [1.82, 2.24) is 14.7 Å². The molecule has 0 aliphatic carbocycles. The second-order valence-corrected chi connectivity index (χ2v) is 8.40. The van der Waals surface area contributed by atoms with E-state index in [-0.39, 0.29) is 23.8 Å². The summed E-state index contributed by atoms with van der Waals surface area (Å²) in [5.41, 5.74) is 2.04. The van der Waals surface area contributed by atoms with E-state index in [0.29, 0.717) is 56.8 Å². The van der Waals surface area contributed by atoms with E-state index in [0.717, 1.165) is 5.56 Å². The second kappa shape index (κ2) is 11.5. The van der Waals surface area contributed by atoms with Crippen molar-refractivity contribution in [3.63, 3.8) is 0 Å². The first-order chi connectivity index (χ1) is 15.9. The third-order valence-corrected chi connectivity index (χ3v) is 6.19. The number of nitrogens with one attached hydrogen (secondary N) is 1. The number of likely N-dealkylation sites (tertiary alicyclic amines) is 1. The van der Waals surface area contributed by atoms with Crippen LogP contribution in [0, 0.1) is 5.92 Å². The summed E-state index contributed by atoms with van der Waals surface area (Å²) in [7, 11) is 1.76. The van der Waals surface area contributed by atoms with Crippen molar-refractivity contribution in [3.8, 4) is 0 Å². The highest BCUT2D eigenvalue weighted by Crippen LogP contribution is 2.23. The number of carbonyl (C=O) groups is 3. The van der Waals surface area contributed by atoms with Gasteiger partial charge in [-0.15, -0.1) is 0 Å². The molecule has 7 nitrogen and oxygen atoms in total. The van der Waals surface area contributed by atoms with Gasteiger partial charge in [-0.05, 0) is 44.4 Å². The lowest BCUT2D eigenvalue weighted by molar-refractivity contribution is -0.121. The van der Waals surface area contributed by atoms with Crippen LogP contribution in [0.5, 0.6) is 0 Å². The first-order valence-electron chi connectivity index (χ1n) is 11.7. The van der Waals surface area contributed by atoms with Gasteiger partial charge in [-0.1, -0.05) is 42.5 Å². The number of hydrogen-bond donors (Lipinski definition) is 1. The van der Waals surface area contributed by atoms with E-state index < -0.39 is 0 Å². The minimum Gasteiger partial charge on any atom is -0.337 e. The van der Waals surface area contributed by atoms with Crippen LogP contribution in [0.1, 0.15) is 42.6 Å². The van der Waals surface area contributed by atoms with Gasteiger partial charge < -0.3 is 20.0 Å². The Bertz CT molecular complexity index is 951.